The standard InChI is InChI=1S/C10H13N3O3/c1-3-4-11-9(14)8-5-12-13(6-8)7(2)10(15)16/h3,5-7H,1,4H2,2H3,(H,11,14)(H,15,16). The number of carbonyl (C=O) groups is 2. The van der Waals surface area contributed by atoms with E-state index in [1.54, 1.807) is 6.08 Å². The van der Waals surface area contributed by atoms with Crippen LogP contribution in [0.3, 0.4) is 0 Å². The number of rotatable bonds is 5. The van der Waals surface area contributed by atoms with Crippen molar-refractivity contribution >= 4 is 11.9 Å². The predicted octanol–water partition coefficient (Wildman–Crippen LogP) is 0.444. The SMILES string of the molecule is C=CCNC(=O)c1cnn(C(C)C(=O)O)c1. The summed E-state index contributed by atoms with van der Waals surface area (Å²) in [5.74, 6) is -1.30. The third-order valence-corrected chi connectivity index (χ3v) is 2.02. The first-order valence-corrected chi connectivity index (χ1v) is 4.72. The number of carbonyl (C=O) groups excluding carboxylic acids is 1. The van der Waals surface area contributed by atoms with Crippen LogP contribution in [-0.2, 0) is 4.79 Å². The van der Waals surface area contributed by atoms with E-state index >= 15 is 0 Å². The summed E-state index contributed by atoms with van der Waals surface area (Å²) in [6, 6.07) is -0.791. The van der Waals surface area contributed by atoms with Gasteiger partial charge >= 0.3 is 5.97 Å². The molecule has 0 radical (unpaired) electrons. The Bertz CT molecular complexity index is 411. The van der Waals surface area contributed by atoms with Gasteiger partial charge in [-0.15, -0.1) is 6.58 Å². The maximum Gasteiger partial charge on any atom is 0.328 e. The van der Waals surface area contributed by atoms with Crippen molar-refractivity contribution in [3.05, 3.63) is 30.6 Å². The molecule has 0 fully saturated rings. The van der Waals surface area contributed by atoms with Crippen LogP contribution in [0.4, 0.5) is 0 Å². The molecule has 1 heterocycles. The van der Waals surface area contributed by atoms with Gasteiger partial charge in [0, 0.05) is 12.7 Å². The van der Waals surface area contributed by atoms with Crippen LogP contribution in [0.1, 0.15) is 23.3 Å². The lowest BCUT2D eigenvalue weighted by atomic mass is 10.3. The van der Waals surface area contributed by atoms with E-state index in [1.165, 1.54) is 24.0 Å². The molecular formula is C10H13N3O3. The molecule has 6 heteroatoms. The van der Waals surface area contributed by atoms with Crippen LogP contribution in [-0.4, -0.2) is 33.3 Å². The molecule has 16 heavy (non-hydrogen) atoms. The van der Waals surface area contributed by atoms with Gasteiger partial charge in [-0.3, -0.25) is 9.48 Å². The maximum atomic E-state index is 11.4. The second-order valence-corrected chi connectivity index (χ2v) is 3.22. The smallest absolute Gasteiger partial charge is 0.328 e. The summed E-state index contributed by atoms with van der Waals surface area (Å²) in [4.78, 5) is 22.1. The summed E-state index contributed by atoms with van der Waals surface area (Å²) in [7, 11) is 0. The van der Waals surface area contributed by atoms with Gasteiger partial charge in [0.2, 0.25) is 0 Å². The van der Waals surface area contributed by atoms with Gasteiger partial charge in [-0.2, -0.15) is 5.10 Å². The summed E-state index contributed by atoms with van der Waals surface area (Å²) in [5, 5.41) is 15.1. The van der Waals surface area contributed by atoms with E-state index in [4.69, 9.17) is 5.11 Å². The van der Waals surface area contributed by atoms with E-state index in [9.17, 15) is 9.59 Å². The second kappa shape index (κ2) is 5.11. The minimum Gasteiger partial charge on any atom is -0.480 e. The molecular weight excluding hydrogens is 210 g/mol. The quantitative estimate of drug-likeness (QED) is 0.709. The van der Waals surface area contributed by atoms with Crippen LogP contribution in [0.2, 0.25) is 0 Å². The van der Waals surface area contributed by atoms with Crippen molar-refractivity contribution in [3.8, 4) is 0 Å². The molecule has 1 rings (SSSR count). The average Bonchev–Trinajstić information content (AvgIpc) is 2.73. The monoisotopic (exact) mass is 223 g/mol. The van der Waals surface area contributed by atoms with E-state index in [1.807, 2.05) is 0 Å². The van der Waals surface area contributed by atoms with Crippen LogP contribution < -0.4 is 5.32 Å². The average molecular weight is 223 g/mol. The molecule has 0 aliphatic heterocycles. The summed E-state index contributed by atoms with van der Waals surface area (Å²) >= 11 is 0. The summed E-state index contributed by atoms with van der Waals surface area (Å²) in [5.41, 5.74) is 0.329. The number of amides is 1. The Balaban J connectivity index is 2.74. The van der Waals surface area contributed by atoms with E-state index in [-0.39, 0.29) is 5.91 Å². The van der Waals surface area contributed by atoms with Crippen molar-refractivity contribution in [2.24, 2.45) is 0 Å². The number of aromatic nitrogens is 2. The fourth-order valence-corrected chi connectivity index (χ4v) is 1.05. The highest BCUT2D eigenvalue weighted by Crippen LogP contribution is 2.06. The van der Waals surface area contributed by atoms with Crippen LogP contribution in [0.15, 0.2) is 25.0 Å². The van der Waals surface area contributed by atoms with Crippen molar-refractivity contribution in [1.82, 2.24) is 15.1 Å². The molecule has 0 aliphatic rings. The summed E-state index contributed by atoms with van der Waals surface area (Å²) in [6.45, 7) is 5.32. The lowest BCUT2D eigenvalue weighted by molar-refractivity contribution is -0.140. The highest BCUT2D eigenvalue weighted by Gasteiger charge is 2.16. The molecule has 0 spiro atoms. The Morgan fingerprint density at radius 1 is 1.75 bits per heavy atom. The van der Waals surface area contributed by atoms with Crippen LogP contribution in [0, 0.1) is 0 Å². The van der Waals surface area contributed by atoms with Gasteiger partial charge < -0.3 is 10.4 Å². The molecule has 1 aromatic rings. The van der Waals surface area contributed by atoms with E-state index in [2.05, 4.69) is 17.0 Å². The molecule has 1 aromatic heterocycles. The van der Waals surface area contributed by atoms with Crippen molar-refractivity contribution in [1.29, 1.82) is 0 Å². The minimum absolute atomic E-state index is 0.302. The third kappa shape index (κ3) is 2.69. The minimum atomic E-state index is -0.999. The number of hydrogen-bond acceptors (Lipinski definition) is 3. The van der Waals surface area contributed by atoms with Gasteiger partial charge in [-0.25, -0.2) is 4.79 Å². The Morgan fingerprint density at radius 2 is 2.44 bits per heavy atom. The van der Waals surface area contributed by atoms with Crippen LogP contribution >= 0.6 is 0 Å². The highest BCUT2D eigenvalue weighted by molar-refractivity contribution is 5.93. The molecule has 1 amide bonds. The molecule has 0 bridgehead atoms. The Morgan fingerprint density at radius 3 is 3.00 bits per heavy atom. The summed E-state index contributed by atoms with van der Waals surface area (Å²) < 4.78 is 1.23. The number of nitrogens with zero attached hydrogens (tertiary/aromatic N) is 2. The molecule has 2 N–H and O–H groups in total. The Labute approximate surface area is 92.6 Å². The molecule has 1 unspecified atom stereocenters. The van der Waals surface area contributed by atoms with Gasteiger partial charge in [0.15, 0.2) is 0 Å². The molecule has 0 saturated carbocycles. The van der Waals surface area contributed by atoms with Gasteiger partial charge in [0.1, 0.15) is 6.04 Å². The summed E-state index contributed by atoms with van der Waals surface area (Å²) in [6.07, 6.45) is 4.29. The van der Waals surface area contributed by atoms with Gasteiger partial charge in [-0.05, 0) is 6.92 Å². The Hall–Kier alpha value is -2.11. The number of nitrogens with one attached hydrogen (secondary N) is 1. The number of hydrogen-bond donors (Lipinski definition) is 2. The zero-order chi connectivity index (χ0) is 12.1. The number of carboxylic acid groups (broad SMARTS) is 1. The molecule has 0 aromatic carbocycles. The first kappa shape index (κ1) is 12.0. The van der Waals surface area contributed by atoms with Crippen LogP contribution in [0.25, 0.3) is 0 Å². The van der Waals surface area contributed by atoms with Crippen LogP contribution in [0.5, 0.6) is 0 Å². The van der Waals surface area contributed by atoms with Crippen molar-refractivity contribution in [2.75, 3.05) is 6.54 Å². The van der Waals surface area contributed by atoms with Gasteiger partial charge in [0.05, 0.1) is 11.8 Å². The number of aliphatic carboxylic acids is 1. The third-order valence-electron chi connectivity index (χ3n) is 2.02. The zero-order valence-corrected chi connectivity index (χ0v) is 8.88. The van der Waals surface area contributed by atoms with Gasteiger partial charge in [0.25, 0.3) is 5.91 Å². The lowest BCUT2D eigenvalue weighted by Gasteiger charge is -2.05. The largest absolute Gasteiger partial charge is 0.480 e. The van der Waals surface area contributed by atoms with E-state index in [0.717, 1.165) is 0 Å². The lowest BCUT2D eigenvalue weighted by Crippen LogP contribution is -2.22. The van der Waals surface area contributed by atoms with Crippen molar-refractivity contribution < 1.29 is 14.7 Å². The first-order valence-electron chi connectivity index (χ1n) is 4.72. The fraction of sp³-hybridized carbons (Fsp3) is 0.300. The highest BCUT2D eigenvalue weighted by atomic mass is 16.4. The number of carboxylic acids is 1. The first-order chi connectivity index (χ1) is 7.56. The molecule has 0 saturated heterocycles. The normalized spacial score (nSPS) is 11.8. The van der Waals surface area contributed by atoms with E-state index < -0.39 is 12.0 Å². The fourth-order valence-electron chi connectivity index (χ4n) is 1.05. The molecule has 0 aliphatic carbocycles. The van der Waals surface area contributed by atoms with Crippen molar-refractivity contribution in [3.63, 3.8) is 0 Å². The van der Waals surface area contributed by atoms with E-state index in [0.29, 0.717) is 12.1 Å². The predicted molar refractivity (Wildman–Crippen MR) is 57.1 cm³/mol. The second-order valence-electron chi connectivity index (χ2n) is 3.22. The topological polar surface area (TPSA) is 84.2 Å². The van der Waals surface area contributed by atoms with Crippen molar-refractivity contribution in [2.45, 2.75) is 13.0 Å². The zero-order valence-electron chi connectivity index (χ0n) is 8.88. The van der Waals surface area contributed by atoms with Gasteiger partial charge in [-0.1, -0.05) is 6.08 Å². The molecule has 86 valence electrons. The maximum absolute atomic E-state index is 11.4. The molecule has 1 atom stereocenters. The molecule has 6 nitrogen and oxygen atoms in total. The Kier molecular flexibility index (Phi) is 3.82.